The van der Waals surface area contributed by atoms with E-state index in [0.29, 0.717) is 5.92 Å². The van der Waals surface area contributed by atoms with Gasteiger partial charge in [-0.25, -0.2) is 0 Å². The van der Waals surface area contributed by atoms with Crippen LogP contribution in [0.3, 0.4) is 0 Å². The lowest BCUT2D eigenvalue weighted by Gasteiger charge is -2.35. The van der Waals surface area contributed by atoms with Gasteiger partial charge in [0.25, 0.3) is 0 Å². The van der Waals surface area contributed by atoms with Crippen LogP contribution in [0.5, 0.6) is 0 Å². The molecule has 1 rings (SSSR count). The van der Waals surface area contributed by atoms with Crippen molar-refractivity contribution >= 4 is 0 Å². The highest BCUT2D eigenvalue weighted by molar-refractivity contribution is 4.76. The maximum absolute atomic E-state index is 12.1. The van der Waals surface area contributed by atoms with Crippen molar-refractivity contribution in [1.82, 2.24) is 4.90 Å². The number of hydrogen-bond acceptors (Lipinski definition) is 1. The van der Waals surface area contributed by atoms with Crippen LogP contribution in [-0.2, 0) is 0 Å². The molecule has 1 aliphatic rings. The van der Waals surface area contributed by atoms with Gasteiger partial charge in [0.15, 0.2) is 0 Å². The normalized spacial score (nSPS) is 23.8. The van der Waals surface area contributed by atoms with Gasteiger partial charge < -0.3 is 4.90 Å². The Kier molecular flexibility index (Phi) is 3.81. The predicted octanol–water partition coefficient (Wildman–Crippen LogP) is 3.06. The van der Waals surface area contributed by atoms with Gasteiger partial charge in [-0.2, -0.15) is 13.2 Å². The molecule has 1 atom stereocenters. The average molecular weight is 209 g/mol. The highest BCUT2D eigenvalue weighted by Crippen LogP contribution is 2.26. The topological polar surface area (TPSA) is 3.24 Å². The third-order valence-corrected chi connectivity index (χ3v) is 2.97. The van der Waals surface area contributed by atoms with Crippen molar-refractivity contribution in [3.05, 3.63) is 0 Å². The third-order valence-electron chi connectivity index (χ3n) is 2.97. The molecule has 0 aliphatic carbocycles. The second kappa shape index (κ2) is 4.51. The number of halogens is 3. The first-order valence-electron chi connectivity index (χ1n) is 5.19. The van der Waals surface area contributed by atoms with Gasteiger partial charge in [0, 0.05) is 6.04 Å². The molecule has 0 radical (unpaired) electrons. The molecule has 84 valence electrons. The summed E-state index contributed by atoms with van der Waals surface area (Å²) in [5.41, 5.74) is 0. The molecule has 0 N–H and O–H groups in total. The molecule has 0 saturated carbocycles. The number of likely N-dealkylation sites (tertiary alicyclic amines) is 1. The van der Waals surface area contributed by atoms with Crippen LogP contribution in [-0.4, -0.2) is 30.2 Å². The molecule has 4 heteroatoms. The molecule has 0 spiro atoms. The Balaban J connectivity index is 2.34. The minimum atomic E-state index is -4.03. The maximum Gasteiger partial charge on any atom is 0.390 e. The quantitative estimate of drug-likeness (QED) is 0.675. The Labute approximate surface area is 83.3 Å². The molecular weight excluding hydrogens is 191 g/mol. The molecule has 0 aromatic heterocycles. The standard InChI is InChI=1S/C10H18F3N/c1-8-3-5-14(6-4-8)9(2)7-10(11,12)13/h8-9H,3-7H2,1-2H3. The lowest BCUT2D eigenvalue weighted by molar-refractivity contribution is -0.147. The van der Waals surface area contributed by atoms with E-state index in [1.807, 2.05) is 4.90 Å². The monoisotopic (exact) mass is 209 g/mol. The van der Waals surface area contributed by atoms with Gasteiger partial charge >= 0.3 is 6.18 Å². The van der Waals surface area contributed by atoms with Gasteiger partial charge in [-0.3, -0.25) is 0 Å². The van der Waals surface area contributed by atoms with Crippen LogP contribution in [0.2, 0.25) is 0 Å². The fraction of sp³-hybridized carbons (Fsp3) is 1.00. The number of piperidine rings is 1. The first kappa shape index (κ1) is 11.8. The van der Waals surface area contributed by atoms with E-state index >= 15 is 0 Å². The van der Waals surface area contributed by atoms with Crippen molar-refractivity contribution in [3.8, 4) is 0 Å². The zero-order chi connectivity index (χ0) is 10.8. The average Bonchev–Trinajstić information content (AvgIpc) is 2.02. The summed E-state index contributed by atoms with van der Waals surface area (Å²) in [7, 11) is 0. The zero-order valence-corrected chi connectivity index (χ0v) is 8.77. The summed E-state index contributed by atoms with van der Waals surface area (Å²) in [6, 6.07) is -0.359. The molecule has 1 heterocycles. The van der Waals surface area contributed by atoms with Crippen molar-refractivity contribution in [3.63, 3.8) is 0 Å². The lowest BCUT2D eigenvalue weighted by Crippen LogP contribution is -2.41. The van der Waals surface area contributed by atoms with Gasteiger partial charge in [-0.1, -0.05) is 6.92 Å². The lowest BCUT2D eigenvalue weighted by atomic mass is 9.97. The van der Waals surface area contributed by atoms with Crippen LogP contribution in [0.1, 0.15) is 33.1 Å². The van der Waals surface area contributed by atoms with Crippen LogP contribution in [0.25, 0.3) is 0 Å². The molecule has 14 heavy (non-hydrogen) atoms. The Morgan fingerprint density at radius 1 is 1.29 bits per heavy atom. The van der Waals surface area contributed by atoms with Crippen molar-refractivity contribution in [1.29, 1.82) is 0 Å². The van der Waals surface area contributed by atoms with Crippen molar-refractivity contribution in [2.24, 2.45) is 5.92 Å². The highest BCUT2D eigenvalue weighted by atomic mass is 19.4. The molecule has 1 saturated heterocycles. The van der Waals surface area contributed by atoms with Crippen molar-refractivity contribution in [2.75, 3.05) is 13.1 Å². The van der Waals surface area contributed by atoms with Crippen LogP contribution < -0.4 is 0 Å². The van der Waals surface area contributed by atoms with Gasteiger partial charge in [0.05, 0.1) is 6.42 Å². The third kappa shape index (κ3) is 3.86. The Bertz CT molecular complexity index is 171. The van der Waals surface area contributed by atoms with E-state index in [1.165, 1.54) is 0 Å². The maximum atomic E-state index is 12.1. The van der Waals surface area contributed by atoms with Crippen LogP contribution in [0.15, 0.2) is 0 Å². The minimum absolute atomic E-state index is 0.359. The van der Waals surface area contributed by atoms with Crippen LogP contribution in [0.4, 0.5) is 13.2 Å². The Morgan fingerprint density at radius 2 is 1.79 bits per heavy atom. The molecule has 1 aliphatic heterocycles. The predicted molar refractivity (Wildman–Crippen MR) is 50.1 cm³/mol. The summed E-state index contributed by atoms with van der Waals surface area (Å²) in [6.45, 7) is 5.46. The van der Waals surface area contributed by atoms with Gasteiger partial charge in [-0.15, -0.1) is 0 Å². The van der Waals surface area contributed by atoms with Gasteiger partial charge in [-0.05, 0) is 38.8 Å². The van der Waals surface area contributed by atoms with Gasteiger partial charge in [0.2, 0.25) is 0 Å². The summed E-state index contributed by atoms with van der Waals surface area (Å²) in [5, 5.41) is 0. The van der Waals surface area contributed by atoms with E-state index in [2.05, 4.69) is 6.92 Å². The van der Waals surface area contributed by atoms with E-state index in [4.69, 9.17) is 0 Å². The number of nitrogens with zero attached hydrogens (tertiary/aromatic N) is 1. The second-order valence-corrected chi connectivity index (χ2v) is 4.39. The van der Waals surface area contributed by atoms with E-state index in [-0.39, 0.29) is 6.04 Å². The fourth-order valence-electron chi connectivity index (χ4n) is 1.93. The van der Waals surface area contributed by atoms with E-state index < -0.39 is 12.6 Å². The summed E-state index contributed by atoms with van der Waals surface area (Å²) in [6.07, 6.45) is -2.64. The van der Waals surface area contributed by atoms with E-state index in [1.54, 1.807) is 6.92 Å². The SMILES string of the molecule is CC1CCN(C(C)CC(F)(F)F)CC1. The molecule has 1 nitrogen and oxygen atoms in total. The first-order valence-corrected chi connectivity index (χ1v) is 5.19. The highest BCUT2D eigenvalue weighted by Gasteiger charge is 2.33. The largest absolute Gasteiger partial charge is 0.390 e. The summed E-state index contributed by atoms with van der Waals surface area (Å²) in [4.78, 5) is 1.95. The second-order valence-electron chi connectivity index (χ2n) is 4.39. The molecule has 0 bridgehead atoms. The number of hydrogen-bond donors (Lipinski definition) is 0. The molecule has 0 aromatic carbocycles. The molecule has 0 amide bonds. The Hall–Kier alpha value is -0.250. The smallest absolute Gasteiger partial charge is 0.300 e. The van der Waals surface area contributed by atoms with Crippen molar-refractivity contribution < 1.29 is 13.2 Å². The zero-order valence-electron chi connectivity index (χ0n) is 8.77. The summed E-state index contributed by atoms with van der Waals surface area (Å²) >= 11 is 0. The first-order chi connectivity index (χ1) is 6.38. The van der Waals surface area contributed by atoms with Crippen molar-refractivity contribution in [2.45, 2.75) is 45.3 Å². The molecule has 1 unspecified atom stereocenters. The number of alkyl halides is 3. The minimum Gasteiger partial charge on any atom is -0.300 e. The van der Waals surface area contributed by atoms with E-state index in [9.17, 15) is 13.2 Å². The fourth-order valence-corrected chi connectivity index (χ4v) is 1.93. The Morgan fingerprint density at radius 3 is 2.21 bits per heavy atom. The van der Waals surface area contributed by atoms with Gasteiger partial charge in [0.1, 0.15) is 0 Å². The number of rotatable bonds is 2. The van der Waals surface area contributed by atoms with Crippen LogP contribution >= 0.6 is 0 Å². The summed E-state index contributed by atoms with van der Waals surface area (Å²) in [5.74, 6) is 0.671. The van der Waals surface area contributed by atoms with E-state index in [0.717, 1.165) is 25.9 Å². The summed E-state index contributed by atoms with van der Waals surface area (Å²) < 4.78 is 36.3. The molecule has 1 fully saturated rings. The molecular formula is C10H18F3N. The van der Waals surface area contributed by atoms with Crippen LogP contribution in [0, 0.1) is 5.92 Å². The molecule has 0 aromatic rings.